The first kappa shape index (κ1) is 33.5. The third kappa shape index (κ3) is 6.65. The Labute approximate surface area is 284 Å². The van der Waals surface area contributed by atoms with Crippen LogP contribution in [0.4, 0.5) is 11.4 Å². The number of amides is 2. The minimum absolute atomic E-state index is 0.0312. The lowest BCUT2D eigenvalue weighted by molar-refractivity contribution is -0.138. The molecule has 0 bridgehead atoms. The summed E-state index contributed by atoms with van der Waals surface area (Å²) in [6.07, 6.45) is 4.68. The van der Waals surface area contributed by atoms with Gasteiger partial charge < -0.3 is 25.4 Å². The third-order valence-corrected chi connectivity index (χ3v) is 9.27. The molecule has 2 aliphatic rings. The first-order valence-electron chi connectivity index (χ1n) is 16.4. The van der Waals surface area contributed by atoms with Gasteiger partial charge in [-0.25, -0.2) is 4.79 Å². The zero-order chi connectivity index (χ0) is 34.4. The van der Waals surface area contributed by atoms with E-state index in [2.05, 4.69) is 10.6 Å². The molecule has 0 saturated carbocycles. The quantitative estimate of drug-likeness (QED) is 0.0590. The summed E-state index contributed by atoms with van der Waals surface area (Å²) in [7, 11) is 0. The molecule has 6 rings (SSSR count). The highest BCUT2D eigenvalue weighted by Gasteiger charge is 2.73. The number of nitrogens with one attached hydrogen (secondary N) is 2. The Hall–Kier alpha value is -5.45. The third-order valence-electron chi connectivity index (χ3n) is 9.27. The van der Waals surface area contributed by atoms with Gasteiger partial charge in [0.2, 0.25) is 0 Å². The average Bonchev–Trinajstić information content (AvgIpc) is 3.80. The predicted molar refractivity (Wildman–Crippen MR) is 186 cm³/mol. The van der Waals surface area contributed by atoms with Crippen LogP contribution in [0.5, 0.6) is 5.75 Å². The van der Waals surface area contributed by atoms with Gasteiger partial charge in [0.05, 0.1) is 23.5 Å². The molecule has 0 radical (unpaired) electrons. The second-order valence-corrected chi connectivity index (χ2v) is 12.4. The van der Waals surface area contributed by atoms with Gasteiger partial charge >= 0.3 is 5.97 Å². The molecule has 0 spiro atoms. The normalized spacial score (nSPS) is 19.7. The number of anilines is 2. The summed E-state index contributed by atoms with van der Waals surface area (Å²) in [4.78, 5) is 66.4. The maximum Gasteiger partial charge on any atom is 0.334 e. The molecule has 4 aromatic carbocycles. The molecule has 0 aromatic heterocycles. The standard InChI is InChI=1S/C39H38N4O6/c40-20-9-3-4-10-27-15-17-34-32(22-27)36(47)41-25-35(46)43(34)33-18-16-28(23-31(33)29-11-5-1-6-12-29)24-39(38(26-45,42-39)19-21-44)37(48)49-30-13-7-2-8-14-30/h1-2,5-8,11-18,21-23,26,42H,3-4,9-10,19-20,24-25,40H2,(H,41,47)/t38?,39-/m0/s1. The molecule has 4 aromatic rings. The molecule has 2 atom stereocenters. The zero-order valence-electron chi connectivity index (χ0n) is 27.0. The summed E-state index contributed by atoms with van der Waals surface area (Å²) in [5.74, 6) is -1.01. The van der Waals surface area contributed by atoms with E-state index in [1.54, 1.807) is 47.4 Å². The van der Waals surface area contributed by atoms with E-state index in [-0.39, 0.29) is 31.2 Å². The molecule has 10 nitrogen and oxygen atoms in total. The molecule has 250 valence electrons. The van der Waals surface area contributed by atoms with Gasteiger partial charge in [0, 0.05) is 18.4 Å². The molecule has 1 fully saturated rings. The van der Waals surface area contributed by atoms with Gasteiger partial charge in [-0.1, -0.05) is 67.1 Å². The lowest BCUT2D eigenvalue weighted by Crippen LogP contribution is -2.41. The smallest absolute Gasteiger partial charge is 0.334 e. The molecule has 4 N–H and O–H groups in total. The lowest BCUT2D eigenvalue weighted by atomic mass is 9.85. The predicted octanol–water partition coefficient (Wildman–Crippen LogP) is 4.45. The molecule has 1 saturated heterocycles. The van der Waals surface area contributed by atoms with Crippen molar-refractivity contribution in [3.05, 3.63) is 114 Å². The van der Waals surface area contributed by atoms with E-state index >= 15 is 0 Å². The maximum absolute atomic E-state index is 13.8. The molecule has 2 aliphatic heterocycles. The summed E-state index contributed by atoms with van der Waals surface area (Å²) >= 11 is 0. The summed E-state index contributed by atoms with van der Waals surface area (Å²) in [5.41, 5.74) is 7.28. The molecule has 49 heavy (non-hydrogen) atoms. The Morgan fingerprint density at radius 3 is 2.20 bits per heavy atom. The second kappa shape index (κ2) is 14.3. The van der Waals surface area contributed by atoms with E-state index in [0.717, 1.165) is 36.8 Å². The molecular formula is C39H38N4O6. The van der Waals surface area contributed by atoms with Crippen molar-refractivity contribution in [1.29, 1.82) is 0 Å². The number of carbonyl (C=O) groups is 5. The van der Waals surface area contributed by atoms with Crippen LogP contribution in [0.2, 0.25) is 0 Å². The minimum atomic E-state index is -1.50. The Balaban J connectivity index is 1.41. The summed E-state index contributed by atoms with van der Waals surface area (Å²) in [5, 5.41) is 5.78. The van der Waals surface area contributed by atoms with E-state index in [1.807, 2.05) is 54.6 Å². The van der Waals surface area contributed by atoms with Crippen LogP contribution in [0, 0.1) is 0 Å². The van der Waals surface area contributed by atoms with E-state index in [1.165, 1.54) is 0 Å². The van der Waals surface area contributed by atoms with E-state index < -0.39 is 17.0 Å². The number of nitrogens with two attached hydrogens (primary N) is 1. The van der Waals surface area contributed by atoms with Crippen molar-refractivity contribution in [3.63, 3.8) is 0 Å². The van der Waals surface area contributed by atoms with Gasteiger partial charge in [-0.2, -0.15) is 0 Å². The van der Waals surface area contributed by atoms with Crippen molar-refractivity contribution in [1.82, 2.24) is 10.6 Å². The number of esters is 1. The fourth-order valence-corrected chi connectivity index (χ4v) is 6.61. The van der Waals surface area contributed by atoms with Crippen molar-refractivity contribution < 1.29 is 28.7 Å². The average molecular weight is 659 g/mol. The number of aldehydes is 2. The molecular weight excluding hydrogens is 620 g/mol. The van der Waals surface area contributed by atoms with Crippen molar-refractivity contribution in [2.75, 3.05) is 18.0 Å². The molecule has 1 unspecified atom stereocenters. The van der Waals surface area contributed by atoms with E-state index in [0.29, 0.717) is 52.9 Å². The van der Waals surface area contributed by atoms with Crippen LogP contribution in [-0.4, -0.2) is 54.5 Å². The van der Waals surface area contributed by atoms with Crippen LogP contribution in [0.1, 0.15) is 47.2 Å². The van der Waals surface area contributed by atoms with Crippen molar-refractivity contribution >= 4 is 41.7 Å². The van der Waals surface area contributed by atoms with Crippen LogP contribution in [0.25, 0.3) is 11.1 Å². The number of hydrogen-bond acceptors (Lipinski definition) is 8. The van der Waals surface area contributed by atoms with Gasteiger partial charge in [0.15, 0.2) is 0 Å². The number of hydrogen-bond donors (Lipinski definition) is 3. The number of rotatable bonds is 14. The highest BCUT2D eigenvalue weighted by Crippen LogP contribution is 2.45. The largest absolute Gasteiger partial charge is 0.425 e. The molecule has 2 amide bonds. The summed E-state index contributed by atoms with van der Waals surface area (Å²) in [6, 6.07) is 29.1. The molecule has 10 heteroatoms. The SMILES string of the molecule is NCCCCCc1ccc2c(c1)C(=O)NCC(=O)N2c1ccc(C[C@@]2(C(=O)Oc3ccccc3)NC2(C=O)CC=O)cc1-c1ccccc1. The number of para-hydroxylation sites is 1. The van der Waals surface area contributed by atoms with E-state index in [9.17, 15) is 24.0 Å². The topological polar surface area (TPSA) is 158 Å². The lowest BCUT2D eigenvalue weighted by Gasteiger charge is -2.26. The van der Waals surface area contributed by atoms with Gasteiger partial charge in [0.1, 0.15) is 29.4 Å². The number of aryl methyl sites for hydroxylation is 1. The monoisotopic (exact) mass is 658 g/mol. The van der Waals surface area contributed by atoms with E-state index in [4.69, 9.17) is 10.5 Å². The van der Waals surface area contributed by atoms with Crippen LogP contribution in [0.3, 0.4) is 0 Å². The summed E-state index contributed by atoms with van der Waals surface area (Å²) < 4.78 is 5.70. The summed E-state index contributed by atoms with van der Waals surface area (Å²) in [6.45, 7) is 0.444. The highest BCUT2D eigenvalue weighted by atomic mass is 16.5. The number of fused-ring (bicyclic) bond motifs is 1. The van der Waals surface area contributed by atoms with Crippen LogP contribution < -0.4 is 26.0 Å². The fourth-order valence-electron chi connectivity index (χ4n) is 6.61. The zero-order valence-corrected chi connectivity index (χ0v) is 27.0. The maximum atomic E-state index is 13.8. The van der Waals surface area contributed by atoms with Gasteiger partial charge in [-0.15, -0.1) is 0 Å². The fraction of sp³-hybridized carbons (Fsp3) is 0.256. The first-order chi connectivity index (χ1) is 23.8. The first-order valence-corrected chi connectivity index (χ1v) is 16.4. The number of carbonyl (C=O) groups excluding carboxylic acids is 5. The molecule has 0 aliphatic carbocycles. The van der Waals surface area contributed by atoms with Crippen molar-refractivity contribution in [2.45, 2.75) is 49.6 Å². The Bertz CT molecular complexity index is 1880. The van der Waals surface area contributed by atoms with Crippen LogP contribution in [-0.2, 0) is 32.0 Å². The highest BCUT2D eigenvalue weighted by molar-refractivity contribution is 6.14. The minimum Gasteiger partial charge on any atom is -0.425 e. The van der Waals surface area contributed by atoms with Gasteiger partial charge in [-0.3, -0.25) is 19.8 Å². The Morgan fingerprint density at radius 1 is 0.837 bits per heavy atom. The molecule has 2 heterocycles. The number of ether oxygens (including phenoxy) is 1. The number of benzene rings is 4. The number of unbranched alkanes of at least 4 members (excludes halogenated alkanes) is 2. The van der Waals surface area contributed by atoms with Crippen molar-refractivity contribution in [2.24, 2.45) is 5.73 Å². The number of nitrogens with zero attached hydrogens (tertiary/aromatic N) is 1. The second-order valence-electron chi connectivity index (χ2n) is 12.4. The van der Waals surface area contributed by atoms with Gasteiger partial charge in [-0.05, 0) is 78.9 Å². The van der Waals surface area contributed by atoms with Crippen molar-refractivity contribution in [3.8, 4) is 16.9 Å². The van der Waals surface area contributed by atoms with Crippen LogP contribution >= 0.6 is 0 Å². The Kier molecular flexibility index (Phi) is 9.80. The van der Waals surface area contributed by atoms with Crippen LogP contribution in [0.15, 0.2) is 97.1 Å². The van der Waals surface area contributed by atoms with Gasteiger partial charge in [0.25, 0.3) is 11.8 Å². The Morgan fingerprint density at radius 2 is 1.51 bits per heavy atom.